The van der Waals surface area contributed by atoms with E-state index >= 15 is 0 Å². The molecule has 1 heterocycles. The first-order chi connectivity index (χ1) is 10.6. The molecule has 3 aromatic rings. The monoisotopic (exact) mass is 314 g/mol. The number of hydrogen-bond acceptors (Lipinski definition) is 2. The van der Waals surface area contributed by atoms with Gasteiger partial charge in [0.05, 0.1) is 5.52 Å². The van der Waals surface area contributed by atoms with Crippen molar-refractivity contribution in [2.75, 3.05) is 20.6 Å². The number of aryl methyl sites for hydroxylation is 1. The number of aromatic nitrogens is 1. The van der Waals surface area contributed by atoms with Crippen LogP contribution in [-0.4, -0.2) is 30.1 Å². The fourth-order valence-corrected chi connectivity index (χ4v) is 3.05. The summed E-state index contributed by atoms with van der Waals surface area (Å²) in [6, 6.07) is 13.5. The first-order valence-corrected chi connectivity index (χ1v) is 7.81. The van der Waals surface area contributed by atoms with E-state index in [4.69, 9.17) is 11.6 Å². The minimum absolute atomic E-state index is 0.0594. The molecule has 1 aromatic heterocycles. The number of fused-ring (bicyclic) bond motifs is 3. The molecule has 4 heteroatoms. The largest absolute Gasteiger partial charge is 0.309 e. The molecule has 3 rings (SSSR count). The van der Waals surface area contributed by atoms with Crippen molar-refractivity contribution in [2.24, 2.45) is 0 Å². The van der Waals surface area contributed by atoms with E-state index < -0.39 is 0 Å². The number of halogens is 1. The molecule has 114 valence electrons. The van der Waals surface area contributed by atoms with Crippen molar-refractivity contribution in [2.45, 2.75) is 13.0 Å². The van der Waals surface area contributed by atoms with Gasteiger partial charge >= 0.3 is 0 Å². The molecular formula is C18H19ClN2O. The number of hydrogen-bond donors (Lipinski definition) is 0. The zero-order valence-corrected chi connectivity index (χ0v) is 13.6. The number of nitrogens with zero attached hydrogens (tertiary/aromatic N) is 2. The van der Waals surface area contributed by atoms with Crippen LogP contribution in [0.1, 0.15) is 6.42 Å². The van der Waals surface area contributed by atoms with Gasteiger partial charge < -0.3 is 9.47 Å². The Morgan fingerprint density at radius 1 is 1.05 bits per heavy atom. The quantitative estimate of drug-likeness (QED) is 0.685. The summed E-state index contributed by atoms with van der Waals surface area (Å²) >= 11 is 6.16. The second-order valence-corrected chi connectivity index (χ2v) is 6.26. The Kier molecular flexibility index (Phi) is 4.19. The summed E-state index contributed by atoms with van der Waals surface area (Å²) in [5, 5.41) is 3.48. The van der Waals surface area contributed by atoms with Gasteiger partial charge in [-0.2, -0.15) is 0 Å². The van der Waals surface area contributed by atoms with Crippen LogP contribution in [0.2, 0.25) is 5.02 Å². The summed E-state index contributed by atoms with van der Waals surface area (Å²) in [6.07, 6.45) is 0.923. The average molecular weight is 315 g/mol. The third-order valence-electron chi connectivity index (χ3n) is 3.93. The van der Waals surface area contributed by atoms with Crippen molar-refractivity contribution in [3.63, 3.8) is 0 Å². The maximum absolute atomic E-state index is 12.8. The highest BCUT2D eigenvalue weighted by Gasteiger charge is 2.10. The van der Waals surface area contributed by atoms with Crippen LogP contribution in [0.15, 0.2) is 47.3 Å². The van der Waals surface area contributed by atoms with E-state index in [1.165, 1.54) is 0 Å². The summed E-state index contributed by atoms with van der Waals surface area (Å²) < 4.78 is 1.85. The maximum Gasteiger partial charge on any atom is 0.258 e. The second kappa shape index (κ2) is 6.11. The second-order valence-electron chi connectivity index (χ2n) is 5.82. The molecule has 0 N–H and O–H groups in total. The van der Waals surface area contributed by atoms with E-state index in [0.717, 1.165) is 34.6 Å². The summed E-state index contributed by atoms with van der Waals surface area (Å²) in [4.78, 5) is 15.0. The van der Waals surface area contributed by atoms with Crippen molar-refractivity contribution in [3.8, 4) is 0 Å². The Hall–Kier alpha value is -1.84. The van der Waals surface area contributed by atoms with Crippen LogP contribution in [-0.2, 0) is 6.54 Å². The molecule has 0 amide bonds. The van der Waals surface area contributed by atoms with Gasteiger partial charge in [0, 0.05) is 22.3 Å². The Balaban J connectivity index is 2.24. The molecule has 0 fully saturated rings. The van der Waals surface area contributed by atoms with Gasteiger partial charge in [0.15, 0.2) is 0 Å². The van der Waals surface area contributed by atoms with Gasteiger partial charge in [0.1, 0.15) is 0 Å². The van der Waals surface area contributed by atoms with Crippen LogP contribution in [0.4, 0.5) is 0 Å². The van der Waals surface area contributed by atoms with Gasteiger partial charge in [-0.05, 0) is 50.6 Å². The highest BCUT2D eigenvalue weighted by atomic mass is 35.5. The fraction of sp³-hybridized carbons (Fsp3) is 0.278. The number of benzene rings is 2. The van der Waals surface area contributed by atoms with Gasteiger partial charge in [0.25, 0.3) is 5.56 Å². The lowest BCUT2D eigenvalue weighted by atomic mass is 10.1. The minimum Gasteiger partial charge on any atom is -0.309 e. The molecular weight excluding hydrogens is 296 g/mol. The molecule has 2 aromatic carbocycles. The highest BCUT2D eigenvalue weighted by molar-refractivity contribution is 6.31. The van der Waals surface area contributed by atoms with Gasteiger partial charge in [-0.25, -0.2) is 0 Å². The Morgan fingerprint density at radius 2 is 1.77 bits per heavy atom. The van der Waals surface area contributed by atoms with Gasteiger partial charge in [-0.3, -0.25) is 4.79 Å². The molecule has 0 bridgehead atoms. The van der Waals surface area contributed by atoms with Crippen LogP contribution in [0, 0.1) is 0 Å². The van der Waals surface area contributed by atoms with Crippen LogP contribution < -0.4 is 5.56 Å². The van der Waals surface area contributed by atoms with E-state index in [9.17, 15) is 4.79 Å². The van der Waals surface area contributed by atoms with Crippen LogP contribution >= 0.6 is 11.6 Å². The molecule has 22 heavy (non-hydrogen) atoms. The normalized spacial score (nSPS) is 11.6. The highest BCUT2D eigenvalue weighted by Crippen LogP contribution is 2.25. The summed E-state index contributed by atoms with van der Waals surface area (Å²) in [6.45, 7) is 1.64. The first kappa shape index (κ1) is 15.1. The zero-order chi connectivity index (χ0) is 15.7. The van der Waals surface area contributed by atoms with Crippen molar-refractivity contribution in [3.05, 3.63) is 57.8 Å². The van der Waals surface area contributed by atoms with Gasteiger partial charge in [-0.15, -0.1) is 0 Å². The SMILES string of the molecule is CN(C)CCCn1c(=O)c2ccccc2c2ccc(Cl)cc21. The zero-order valence-electron chi connectivity index (χ0n) is 12.8. The predicted octanol–water partition coefficient (Wildman–Crippen LogP) is 3.76. The third-order valence-corrected chi connectivity index (χ3v) is 4.17. The predicted molar refractivity (Wildman–Crippen MR) is 93.9 cm³/mol. The van der Waals surface area contributed by atoms with Gasteiger partial charge in [-0.1, -0.05) is 35.9 Å². The Morgan fingerprint density at radius 3 is 2.50 bits per heavy atom. The summed E-state index contributed by atoms with van der Waals surface area (Å²) in [7, 11) is 4.08. The van der Waals surface area contributed by atoms with E-state index in [0.29, 0.717) is 11.6 Å². The summed E-state index contributed by atoms with van der Waals surface area (Å²) in [5.41, 5.74) is 0.971. The van der Waals surface area contributed by atoms with Crippen molar-refractivity contribution in [1.29, 1.82) is 0 Å². The first-order valence-electron chi connectivity index (χ1n) is 7.43. The third kappa shape index (κ3) is 2.74. The number of pyridine rings is 1. The van der Waals surface area contributed by atoms with Crippen LogP contribution in [0.3, 0.4) is 0 Å². The molecule has 0 saturated heterocycles. The van der Waals surface area contributed by atoms with E-state index in [2.05, 4.69) is 4.90 Å². The summed E-state index contributed by atoms with van der Waals surface area (Å²) in [5.74, 6) is 0. The van der Waals surface area contributed by atoms with E-state index in [1.54, 1.807) is 0 Å². The van der Waals surface area contributed by atoms with Crippen LogP contribution in [0.25, 0.3) is 21.7 Å². The number of rotatable bonds is 4. The lowest BCUT2D eigenvalue weighted by molar-refractivity contribution is 0.387. The maximum atomic E-state index is 12.8. The molecule has 0 aliphatic rings. The smallest absolute Gasteiger partial charge is 0.258 e. The topological polar surface area (TPSA) is 25.2 Å². The fourth-order valence-electron chi connectivity index (χ4n) is 2.88. The average Bonchev–Trinajstić information content (AvgIpc) is 2.50. The van der Waals surface area contributed by atoms with Crippen molar-refractivity contribution < 1.29 is 0 Å². The lowest BCUT2D eigenvalue weighted by Gasteiger charge is -2.15. The molecule has 3 nitrogen and oxygen atoms in total. The van der Waals surface area contributed by atoms with Gasteiger partial charge in [0.2, 0.25) is 0 Å². The molecule has 0 spiro atoms. The molecule has 0 radical (unpaired) electrons. The molecule has 0 unspecified atom stereocenters. The minimum atomic E-state index is 0.0594. The molecule has 0 atom stereocenters. The van der Waals surface area contributed by atoms with Crippen molar-refractivity contribution in [1.82, 2.24) is 9.47 Å². The van der Waals surface area contributed by atoms with Crippen molar-refractivity contribution >= 4 is 33.3 Å². The molecule has 0 aliphatic heterocycles. The molecule has 0 saturated carbocycles. The molecule has 0 aliphatic carbocycles. The standard InChI is InChI=1S/C18H19ClN2O/c1-20(2)10-5-11-21-17-12-13(19)8-9-15(17)14-6-3-4-7-16(14)18(21)22/h3-4,6-9,12H,5,10-11H2,1-2H3. The Bertz CT molecular complexity index is 883. The van der Waals surface area contributed by atoms with E-state index in [1.807, 2.05) is 61.1 Å². The Labute approximate surface area is 134 Å². The lowest BCUT2D eigenvalue weighted by Crippen LogP contribution is -2.23. The van der Waals surface area contributed by atoms with E-state index in [-0.39, 0.29) is 5.56 Å². The van der Waals surface area contributed by atoms with Crippen LogP contribution in [0.5, 0.6) is 0 Å².